The molecule has 2 aromatic heterocycles. The minimum atomic E-state index is 0. The smallest absolute Gasteiger partial charge is 0.191 e. The van der Waals surface area contributed by atoms with Crippen molar-refractivity contribution in [3.05, 3.63) is 71.7 Å². The van der Waals surface area contributed by atoms with E-state index in [0.717, 1.165) is 43.1 Å². The molecule has 0 fully saturated rings. The van der Waals surface area contributed by atoms with Gasteiger partial charge in [0.15, 0.2) is 5.96 Å². The molecule has 0 aliphatic carbocycles. The van der Waals surface area contributed by atoms with E-state index in [1.807, 2.05) is 13.2 Å². The molecule has 1 atom stereocenters. The lowest BCUT2D eigenvalue weighted by Gasteiger charge is -2.17. The van der Waals surface area contributed by atoms with Gasteiger partial charge < -0.3 is 15.0 Å². The number of benzene rings is 1. The third-order valence-electron chi connectivity index (χ3n) is 4.72. The third-order valence-corrected chi connectivity index (χ3v) is 4.72. The Labute approximate surface area is 184 Å². The second kappa shape index (κ2) is 11.0. The predicted octanol–water partition coefficient (Wildman–Crippen LogP) is 3.99. The lowest BCUT2D eigenvalue weighted by Crippen LogP contribution is -2.43. The number of aromatic nitrogens is 2. The standard InChI is InChI=1S/C22H29N5.HI/c1-17-8-7-15-27-16-20(26-21(17)27)13-14-24-22(23-3)25-18(2)11-12-19-9-5-4-6-10-19;/h4-10,15-16,18H,11-14H2,1-3H3,(H2,23,24,25);1H. The van der Waals surface area contributed by atoms with Crippen LogP contribution in [0.5, 0.6) is 0 Å². The Morgan fingerprint density at radius 1 is 1.14 bits per heavy atom. The van der Waals surface area contributed by atoms with Gasteiger partial charge in [0.1, 0.15) is 5.65 Å². The first-order valence-electron chi connectivity index (χ1n) is 9.60. The highest BCUT2D eigenvalue weighted by Gasteiger charge is 2.07. The Balaban J connectivity index is 0.00000280. The van der Waals surface area contributed by atoms with Crippen molar-refractivity contribution < 1.29 is 0 Å². The van der Waals surface area contributed by atoms with E-state index in [2.05, 4.69) is 82.5 Å². The summed E-state index contributed by atoms with van der Waals surface area (Å²) in [4.78, 5) is 9.06. The Hall–Kier alpha value is -2.09. The number of pyridine rings is 1. The van der Waals surface area contributed by atoms with Crippen LogP contribution in [0.1, 0.15) is 30.2 Å². The highest BCUT2D eigenvalue weighted by Crippen LogP contribution is 2.10. The van der Waals surface area contributed by atoms with Crippen molar-refractivity contribution in [2.45, 2.75) is 39.2 Å². The van der Waals surface area contributed by atoms with Crippen molar-refractivity contribution in [2.24, 2.45) is 4.99 Å². The Morgan fingerprint density at radius 2 is 1.93 bits per heavy atom. The summed E-state index contributed by atoms with van der Waals surface area (Å²) in [6.07, 6.45) is 7.13. The minimum Gasteiger partial charge on any atom is -0.356 e. The van der Waals surface area contributed by atoms with Gasteiger partial charge in [0.25, 0.3) is 0 Å². The number of hydrogen-bond acceptors (Lipinski definition) is 2. The lowest BCUT2D eigenvalue weighted by molar-refractivity contribution is 0.593. The maximum absolute atomic E-state index is 4.72. The number of halogens is 1. The number of guanidine groups is 1. The first-order valence-corrected chi connectivity index (χ1v) is 9.60. The van der Waals surface area contributed by atoms with Crippen LogP contribution in [0.2, 0.25) is 0 Å². The third kappa shape index (κ3) is 6.22. The number of aryl methyl sites for hydroxylation is 2. The lowest BCUT2D eigenvalue weighted by atomic mass is 10.1. The molecule has 28 heavy (non-hydrogen) atoms. The summed E-state index contributed by atoms with van der Waals surface area (Å²) in [5.41, 5.74) is 4.69. The largest absolute Gasteiger partial charge is 0.356 e. The van der Waals surface area contributed by atoms with Gasteiger partial charge in [-0.2, -0.15) is 0 Å². The number of aliphatic imine (C=N–C) groups is 1. The summed E-state index contributed by atoms with van der Waals surface area (Å²) < 4.78 is 2.09. The van der Waals surface area contributed by atoms with E-state index >= 15 is 0 Å². The van der Waals surface area contributed by atoms with Crippen molar-refractivity contribution >= 4 is 35.6 Å². The van der Waals surface area contributed by atoms with Gasteiger partial charge in [0, 0.05) is 38.4 Å². The SMILES string of the molecule is CN=C(NCCc1cn2cccc(C)c2n1)NC(C)CCc1ccccc1.I. The van der Waals surface area contributed by atoms with E-state index < -0.39 is 0 Å². The Morgan fingerprint density at radius 3 is 2.64 bits per heavy atom. The summed E-state index contributed by atoms with van der Waals surface area (Å²) in [5.74, 6) is 0.843. The van der Waals surface area contributed by atoms with Gasteiger partial charge in [0.2, 0.25) is 0 Å². The summed E-state index contributed by atoms with van der Waals surface area (Å²) in [7, 11) is 1.81. The number of nitrogens with zero attached hydrogens (tertiary/aromatic N) is 3. The van der Waals surface area contributed by atoms with E-state index in [4.69, 9.17) is 4.98 Å². The zero-order chi connectivity index (χ0) is 19.1. The van der Waals surface area contributed by atoms with Crippen LogP contribution in [0.15, 0.2) is 59.9 Å². The van der Waals surface area contributed by atoms with Crippen LogP contribution in [-0.4, -0.2) is 35.0 Å². The molecule has 2 heterocycles. The van der Waals surface area contributed by atoms with Gasteiger partial charge in [-0.05, 0) is 43.9 Å². The van der Waals surface area contributed by atoms with Crippen LogP contribution in [0.4, 0.5) is 0 Å². The molecule has 5 nitrogen and oxygen atoms in total. The Bertz CT molecular complexity index is 888. The van der Waals surface area contributed by atoms with Crippen molar-refractivity contribution in [3.8, 4) is 0 Å². The Kier molecular flexibility index (Phi) is 8.76. The summed E-state index contributed by atoms with van der Waals surface area (Å²) in [5, 5.41) is 6.87. The van der Waals surface area contributed by atoms with E-state index in [1.165, 1.54) is 11.1 Å². The van der Waals surface area contributed by atoms with Crippen molar-refractivity contribution in [3.63, 3.8) is 0 Å². The van der Waals surface area contributed by atoms with Gasteiger partial charge in [-0.15, -0.1) is 24.0 Å². The fourth-order valence-corrected chi connectivity index (χ4v) is 3.16. The van der Waals surface area contributed by atoms with Gasteiger partial charge in [-0.25, -0.2) is 4.98 Å². The normalized spacial score (nSPS) is 12.5. The fourth-order valence-electron chi connectivity index (χ4n) is 3.16. The van der Waals surface area contributed by atoms with E-state index in [9.17, 15) is 0 Å². The van der Waals surface area contributed by atoms with Crippen molar-refractivity contribution in [2.75, 3.05) is 13.6 Å². The van der Waals surface area contributed by atoms with Crippen LogP contribution in [0.3, 0.4) is 0 Å². The second-order valence-corrected chi connectivity index (χ2v) is 6.97. The monoisotopic (exact) mass is 491 g/mol. The molecule has 3 aromatic rings. The maximum atomic E-state index is 4.72. The van der Waals surface area contributed by atoms with Crippen LogP contribution in [-0.2, 0) is 12.8 Å². The zero-order valence-electron chi connectivity index (χ0n) is 16.9. The second-order valence-electron chi connectivity index (χ2n) is 6.97. The van der Waals surface area contributed by atoms with Crippen LogP contribution in [0.25, 0.3) is 5.65 Å². The molecule has 0 saturated heterocycles. The van der Waals surface area contributed by atoms with Gasteiger partial charge in [0.05, 0.1) is 5.69 Å². The fraction of sp³-hybridized carbons (Fsp3) is 0.364. The number of imidazole rings is 1. The summed E-state index contributed by atoms with van der Waals surface area (Å²) in [6.45, 7) is 5.08. The molecule has 2 N–H and O–H groups in total. The molecule has 0 spiro atoms. The topological polar surface area (TPSA) is 53.7 Å². The quantitative estimate of drug-likeness (QED) is 0.299. The van der Waals surface area contributed by atoms with E-state index in [0.29, 0.717) is 6.04 Å². The molecular formula is C22H30IN5. The minimum absolute atomic E-state index is 0. The molecular weight excluding hydrogens is 461 g/mol. The van der Waals surface area contributed by atoms with Crippen molar-refractivity contribution in [1.82, 2.24) is 20.0 Å². The van der Waals surface area contributed by atoms with Crippen LogP contribution >= 0.6 is 24.0 Å². The summed E-state index contributed by atoms with van der Waals surface area (Å²) in [6, 6.07) is 15.1. The number of hydrogen-bond donors (Lipinski definition) is 2. The molecule has 0 radical (unpaired) electrons. The molecule has 0 bridgehead atoms. The number of rotatable bonds is 7. The van der Waals surface area contributed by atoms with Crippen LogP contribution in [0, 0.1) is 6.92 Å². The molecule has 0 aliphatic heterocycles. The molecule has 150 valence electrons. The average Bonchev–Trinajstić information content (AvgIpc) is 3.11. The number of fused-ring (bicyclic) bond motifs is 1. The predicted molar refractivity (Wildman–Crippen MR) is 128 cm³/mol. The molecule has 1 aromatic carbocycles. The summed E-state index contributed by atoms with van der Waals surface area (Å²) >= 11 is 0. The highest BCUT2D eigenvalue weighted by atomic mass is 127. The molecule has 0 aliphatic rings. The molecule has 0 amide bonds. The molecule has 6 heteroatoms. The maximum Gasteiger partial charge on any atom is 0.191 e. The van der Waals surface area contributed by atoms with Crippen LogP contribution < -0.4 is 10.6 Å². The molecule has 1 unspecified atom stereocenters. The zero-order valence-corrected chi connectivity index (χ0v) is 19.2. The van der Waals surface area contributed by atoms with E-state index in [-0.39, 0.29) is 24.0 Å². The molecule has 3 rings (SSSR count). The van der Waals surface area contributed by atoms with Gasteiger partial charge >= 0.3 is 0 Å². The van der Waals surface area contributed by atoms with Crippen molar-refractivity contribution in [1.29, 1.82) is 0 Å². The van der Waals surface area contributed by atoms with Gasteiger partial charge in [-0.3, -0.25) is 4.99 Å². The average molecular weight is 491 g/mol. The van der Waals surface area contributed by atoms with E-state index in [1.54, 1.807) is 0 Å². The first-order chi connectivity index (χ1) is 13.2. The molecule has 0 saturated carbocycles. The first kappa shape index (κ1) is 22.2. The number of nitrogens with one attached hydrogen (secondary N) is 2. The van der Waals surface area contributed by atoms with Gasteiger partial charge in [-0.1, -0.05) is 36.4 Å². The highest BCUT2D eigenvalue weighted by molar-refractivity contribution is 14.0.